The van der Waals surface area contributed by atoms with Gasteiger partial charge in [-0.05, 0) is 31.7 Å². The van der Waals surface area contributed by atoms with Crippen LogP contribution in [0.2, 0.25) is 0 Å². The third kappa shape index (κ3) is 3.20. The molecule has 1 saturated carbocycles. The molecule has 1 aliphatic heterocycles. The van der Waals surface area contributed by atoms with Gasteiger partial charge in [0.15, 0.2) is 0 Å². The van der Waals surface area contributed by atoms with E-state index in [2.05, 4.69) is 16.4 Å². The second kappa shape index (κ2) is 6.46. The van der Waals surface area contributed by atoms with E-state index in [9.17, 15) is 4.79 Å². The molecule has 21 heavy (non-hydrogen) atoms. The summed E-state index contributed by atoms with van der Waals surface area (Å²) in [5.41, 5.74) is 1.19. The first-order valence-corrected chi connectivity index (χ1v) is 8.24. The lowest BCUT2D eigenvalue weighted by Gasteiger charge is -2.28. The Morgan fingerprint density at radius 2 is 2.05 bits per heavy atom. The van der Waals surface area contributed by atoms with Gasteiger partial charge < -0.3 is 10.2 Å². The number of nitrogens with one attached hydrogen (secondary N) is 1. The minimum atomic E-state index is 0.171. The van der Waals surface area contributed by atoms with E-state index in [0.717, 1.165) is 25.2 Å². The smallest absolute Gasteiger partial charge is 0.219 e. The summed E-state index contributed by atoms with van der Waals surface area (Å²) in [5, 5.41) is 3.64. The first kappa shape index (κ1) is 14.4. The lowest BCUT2D eigenvalue weighted by molar-refractivity contribution is -0.129. The number of pyridine rings is 1. The number of amides is 1. The van der Waals surface area contributed by atoms with Crippen LogP contribution < -0.4 is 5.32 Å². The van der Waals surface area contributed by atoms with Crippen molar-refractivity contribution in [1.82, 2.24) is 9.88 Å². The van der Waals surface area contributed by atoms with Crippen molar-refractivity contribution in [3.05, 3.63) is 23.9 Å². The maximum absolute atomic E-state index is 11.8. The van der Waals surface area contributed by atoms with Crippen LogP contribution in [0.5, 0.6) is 0 Å². The topological polar surface area (TPSA) is 45.2 Å². The highest BCUT2D eigenvalue weighted by molar-refractivity contribution is 5.74. The number of carbonyl (C=O) groups is 1. The minimum absolute atomic E-state index is 0.171. The van der Waals surface area contributed by atoms with Crippen LogP contribution in [0.15, 0.2) is 18.3 Å². The number of likely N-dealkylation sites (tertiary alicyclic amines) is 1. The molecule has 1 amide bonds. The summed E-state index contributed by atoms with van der Waals surface area (Å²) < 4.78 is 0. The van der Waals surface area contributed by atoms with Crippen molar-refractivity contribution >= 4 is 11.7 Å². The summed E-state index contributed by atoms with van der Waals surface area (Å²) in [5.74, 6) is 1.16. The number of nitrogens with zero attached hydrogens (tertiary/aromatic N) is 2. The van der Waals surface area contributed by atoms with Gasteiger partial charge in [0.1, 0.15) is 5.82 Å². The van der Waals surface area contributed by atoms with E-state index in [4.69, 9.17) is 0 Å². The molecule has 1 aromatic rings. The minimum Gasteiger partial charge on any atom is -0.367 e. The zero-order chi connectivity index (χ0) is 14.7. The van der Waals surface area contributed by atoms with E-state index < -0.39 is 0 Å². The predicted molar refractivity (Wildman–Crippen MR) is 84.1 cm³/mol. The summed E-state index contributed by atoms with van der Waals surface area (Å²) >= 11 is 0. The molecule has 1 atom stereocenters. The quantitative estimate of drug-likeness (QED) is 0.925. The van der Waals surface area contributed by atoms with Gasteiger partial charge in [-0.25, -0.2) is 4.98 Å². The van der Waals surface area contributed by atoms with Gasteiger partial charge in [-0.2, -0.15) is 0 Å². The molecule has 0 unspecified atom stereocenters. The van der Waals surface area contributed by atoms with Crippen LogP contribution in [0.1, 0.15) is 63.5 Å². The van der Waals surface area contributed by atoms with Gasteiger partial charge in [0.25, 0.3) is 0 Å². The number of hydrogen-bond acceptors (Lipinski definition) is 3. The highest BCUT2D eigenvalue weighted by atomic mass is 16.2. The van der Waals surface area contributed by atoms with Gasteiger partial charge >= 0.3 is 0 Å². The molecule has 1 aromatic heterocycles. The van der Waals surface area contributed by atoms with Crippen molar-refractivity contribution in [3.63, 3.8) is 0 Å². The molecular formula is C17H25N3O. The lowest BCUT2D eigenvalue weighted by atomic mass is 9.95. The molecule has 4 nitrogen and oxygen atoms in total. The standard InChI is InChI=1S/C17H25N3O/c1-13(21)20-12-6-10-16(20)15-9-5-11-18-17(15)19-14-7-3-2-4-8-14/h5,9,11,14,16H,2-4,6-8,10,12H2,1H3,(H,18,19)/t16-/m0/s1. The number of aromatic nitrogens is 1. The zero-order valence-corrected chi connectivity index (χ0v) is 12.8. The lowest BCUT2D eigenvalue weighted by Crippen LogP contribution is -2.30. The summed E-state index contributed by atoms with van der Waals surface area (Å²) in [7, 11) is 0. The van der Waals surface area contributed by atoms with E-state index in [-0.39, 0.29) is 11.9 Å². The second-order valence-electron chi connectivity index (χ2n) is 6.29. The fourth-order valence-corrected chi connectivity index (χ4v) is 3.71. The monoisotopic (exact) mass is 287 g/mol. The summed E-state index contributed by atoms with van der Waals surface area (Å²) in [6.07, 6.45) is 10.4. The van der Waals surface area contributed by atoms with Crippen LogP contribution in [0, 0.1) is 0 Å². The molecule has 2 fully saturated rings. The Kier molecular flexibility index (Phi) is 4.42. The molecule has 0 bridgehead atoms. The molecule has 1 N–H and O–H groups in total. The summed E-state index contributed by atoms with van der Waals surface area (Å²) in [4.78, 5) is 18.4. The zero-order valence-electron chi connectivity index (χ0n) is 12.8. The number of hydrogen-bond donors (Lipinski definition) is 1. The normalized spacial score (nSPS) is 23.3. The van der Waals surface area contributed by atoms with Gasteiger partial charge in [-0.1, -0.05) is 25.3 Å². The van der Waals surface area contributed by atoms with Gasteiger partial charge in [0, 0.05) is 31.3 Å². The Hall–Kier alpha value is -1.58. The molecule has 4 heteroatoms. The van der Waals surface area contributed by atoms with E-state index in [1.165, 1.54) is 37.7 Å². The van der Waals surface area contributed by atoms with Crippen molar-refractivity contribution in [2.75, 3.05) is 11.9 Å². The van der Waals surface area contributed by atoms with Gasteiger partial charge in [-0.15, -0.1) is 0 Å². The molecule has 1 aliphatic carbocycles. The molecule has 114 valence electrons. The molecule has 1 saturated heterocycles. The molecule has 0 aromatic carbocycles. The third-order valence-corrected chi connectivity index (χ3v) is 4.80. The second-order valence-corrected chi connectivity index (χ2v) is 6.29. The van der Waals surface area contributed by atoms with Gasteiger partial charge in [-0.3, -0.25) is 4.79 Å². The van der Waals surface area contributed by atoms with Crippen molar-refractivity contribution in [1.29, 1.82) is 0 Å². The van der Waals surface area contributed by atoms with Crippen LogP contribution in [0.3, 0.4) is 0 Å². The average molecular weight is 287 g/mol. The van der Waals surface area contributed by atoms with Gasteiger partial charge in [0.2, 0.25) is 5.91 Å². The van der Waals surface area contributed by atoms with Crippen molar-refractivity contribution < 1.29 is 4.79 Å². The highest BCUT2D eigenvalue weighted by Crippen LogP contribution is 2.35. The average Bonchev–Trinajstić information content (AvgIpc) is 2.98. The Labute approximate surface area is 126 Å². The maximum Gasteiger partial charge on any atom is 0.219 e. The maximum atomic E-state index is 11.8. The fraction of sp³-hybridized carbons (Fsp3) is 0.647. The van der Waals surface area contributed by atoms with Crippen LogP contribution in [0.25, 0.3) is 0 Å². The third-order valence-electron chi connectivity index (χ3n) is 4.80. The number of anilines is 1. The largest absolute Gasteiger partial charge is 0.367 e. The van der Waals surface area contributed by atoms with Crippen LogP contribution in [0.4, 0.5) is 5.82 Å². The molecule has 2 heterocycles. The highest BCUT2D eigenvalue weighted by Gasteiger charge is 2.30. The Morgan fingerprint density at radius 3 is 2.81 bits per heavy atom. The Morgan fingerprint density at radius 1 is 1.24 bits per heavy atom. The van der Waals surface area contributed by atoms with E-state index in [1.807, 2.05) is 17.2 Å². The fourth-order valence-electron chi connectivity index (χ4n) is 3.71. The van der Waals surface area contributed by atoms with Crippen molar-refractivity contribution in [2.45, 2.75) is 64.0 Å². The van der Waals surface area contributed by atoms with Crippen molar-refractivity contribution in [2.24, 2.45) is 0 Å². The van der Waals surface area contributed by atoms with Crippen LogP contribution >= 0.6 is 0 Å². The number of rotatable bonds is 3. The van der Waals surface area contributed by atoms with E-state index in [0.29, 0.717) is 6.04 Å². The van der Waals surface area contributed by atoms with Crippen molar-refractivity contribution in [3.8, 4) is 0 Å². The first-order chi connectivity index (χ1) is 10.3. The number of carbonyl (C=O) groups excluding carboxylic acids is 1. The van der Waals surface area contributed by atoms with Crippen LogP contribution in [-0.2, 0) is 4.79 Å². The van der Waals surface area contributed by atoms with Gasteiger partial charge in [0.05, 0.1) is 6.04 Å². The Balaban J connectivity index is 1.80. The predicted octanol–water partition coefficient (Wildman–Crippen LogP) is 3.51. The SMILES string of the molecule is CC(=O)N1CCC[C@H]1c1cccnc1NC1CCCCC1. The Bertz CT molecular complexity index is 497. The molecular weight excluding hydrogens is 262 g/mol. The molecule has 0 spiro atoms. The summed E-state index contributed by atoms with van der Waals surface area (Å²) in [6.45, 7) is 2.54. The molecule has 3 rings (SSSR count). The summed E-state index contributed by atoms with van der Waals surface area (Å²) in [6, 6.07) is 4.85. The first-order valence-electron chi connectivity index (χ1n) is 8.24. The van der Waals surface area contributed by atoms with Crippen LogP contribution in [-0.4, -0.2) is 28.4 Å². The van der Waals surface area contributed by atoms with E-state index in [1.54, 1.807) is 6.92 Å². The molecule has 2 aliphatic rings. The van der Waals surface area contributed by atoms with E-state index >= 15 is 0 Å². The molecule has 0 radical (unpaired) electrons.